The normalized spacial score (nSPS) is 15.0. The molecule has 4 nitrogen and oxygen atoms in total. The van der Waals surface area contributed by atoms with Gasteiger partial charge in [0.15, 0.2) is 0 Å². The fourth-order valence-corrected chi connectivity index (χ4v) is 4.02. The molecular formula is C24H25FN2O2. The number of aromatic nitrogens is 1. The van der Waals surface area contributed by atoms with E-state index in [1.165, 1.54) is 12.1 Å². The molecule has 3 aromatic rings. The monoisotopic (exact) mass is 392 g/mol. The molecule has 1 aliphatic heterocycles. The Morgan fingerprint density at radius 1 is 1.10 bits per heavy atom. The van der Waals surface area contributed by atoms with Gasteiger partial charge in [0, 0.05) is 37.1 Å². The molecule has 150 valence electrons. The zero-order valence-corrected chi connectivity index (χ0v) is 16.7. The Hall–Kier alpha value is -2.76. The third-order valence-corrected chi connectivity index (χ3v) is 5.46. The van der Waals surface area contributed by atoms with Gasteiger partial charge in [0.2, 0.25) is 0 Å². The zero-order chi connectivity index (χ0) is 20.4. The highest BCUT2D eigenvalue weighted by atomic mass is 19.1. The first kappa shape index (κ1) is 19.6. The maximum absolute atomic E-state index is 14.2. The van der Waals surface area contributed by atoms with Crippen LogP contribution in [0.3, 0.4) is 0 Å². The molecule has 0 unspecified atom stereocenters. The Bertz CT molecular complexity index is 1100. The van der Waals surface area contributed by atoms with Gasteiger partial charge in [-0.2, -0.15) is 0 Å². The Balaban J connectivity index is 1.92. The number of benzene rings is 2. The van der Waals surface area contributed by atoms with Gasteiger partial charge in [-0.1, -0.05) is 36.9 Å². The summed E-state index contributed by atoms with van der Waals surface area (Å²) in [6.07, 6.45) is 0. The highest BCUT2D eigenvalue weighted by Crippen LogP contribution is 2.33. The highest BCUT2D eigenvalue weighted by Gasteiger charge is 2.20. The number of hydrogen-bond donors (Lipinski definition) is 0. The molecular weight excluding hydrogens is 367 g/mol. The standard InChI is InChI=1S/C24H25FN2O2/c1-17(2)22-23(18-6-4-3-5-7-18)20-16-19(25)8-9-21(20)27(24(22)28)11-10-26-12-14-29-15-13-26/h3-9,16H,1,10-15H2,2H3. The van der Waals surface area contributed by atoms with Crippen LogP contribution >= 0.6 is 0 Å². The van der Waals surface area contributed by atoms with Crippen LogP contribution in [0, 0.1) is 5.82 Å². The van der Waals surface area contributed by atoms with E-state index >= 15 is 0 Å². The van der Waals surface area contributed by atoms with Crippen molar-refractivity contribution in [3.63, 3.8) is 0 Å². The zero-order valence-electron chi connectivity index (χ0n) is 16.7. The van der Waals surface area contributed by atoms with Crippen LogP contribution in [-0.4, -0.2) is 42.3 Å². The Morgan fingerprint density at radius 2 is 1.83 bits per heavy atom. The minimum absolute atomic E-state index is 0.0799. The lowest BCUT2D eigenvalue weighted by Crippen LogP contribution is -2.39. The Labute approximate surface area is 169 Å². The molecule has 0 spiro atoms. The average Bonchev–Trinajstić information content (AvgIpc) is 2.73. The molecule has 0 bridgehead atoms. The predicted octanol–water partition coefficient (Wildman–Crippen LogP) is 4.17. The number of morpholine rings is 1. The molecule has 0 atom stereocenters. The molecule has 29 heavy (non-hydrogen) atoms. The fraction of sp³-hybridized carbons (Fsp3) is 0.292. The molecule has 4 rings (SSSR count). The van der Waals surface area contributed by atoms with E-state index in [9.17, 15) is 9.18 Å². The summed E-state index contributed by atoms with van der Waals surface area (Å²) >= 11 is 0. The molecule has 2 aromatic carbocycles. The molecule has 0 radical (unpaired) electrons. The largest absolute Gasteiger partial charge is 0.379 e. The van der Waals surface area contributed by atoms with Crippen LogP contribution in [0.2, 0.25) is 0 Å². The van der Waals surface area contributed by atoms with E-state index in [1.807, 2.05) is 37.3 Å². The van der Waals surface area contributed by atoms with Gasteiger partial charge >= 0.3 is 0 Å². The number of allylic oxidation sites excluding steroid dienone is 1. The summed E-state index contributed by atoms with van der Waals surface area (Å²) in [5, 5.41) is 0.732. The summed E-state index contributed by atoms with van der Waals surface area (Å²) in [4.78, 5) is 15.8. The number of fused-ring (bicyclic) bond motifs is 1. The second-order valence-electron chi connectivity index (χ2n) is 7.47. The second kappa shape index (κ2) is 8.31. The quantitative estimate of drug-likeness (QED) is 0.654. The van der Waals surface area contributed by atoms with Gasteiger partial charge in [0.05, 0.1) is 24.3 Å². The lowest BCUT2D eigenvalue weighted by Gasteiger charge is -2.27. The van der Waals surface area contributed by atoms with E-state index in [0.717, 1.165) is 41.7 Å². The fourth-order valence-electron chi connectivity index (χ4n) is 4.02. The molecule has 0 N–H and O–H groups in total. The average molecular weight is 392 g/mol. The van der Waals surface area contributed by atoms with Crippen LogP contribution in [0.4, 0.5) is 4.39 Å². The summed E-state index contributed by atoms with van der Waals surface area (Å²) in [7, 11) is 0. The highest BCUT2D eigenvalue weighted by molar-refractivity contribution is 6.00. The lowest BCUT2D eigenvalue weighted by molar-refractivity contribution is 0.0364. The van der Waals surface area contributed by atoms with E-state index in [4.69, 9.17) is 4.74 Å². The van der Waals surface area contributed by atoms with Crippen molar-refractivity contribution < 1.29 is 9.13 Å². The van der Waals surface area contributed by atoms with Gasteiger partial charge in [-0.05, 0) is 36.3 Å². The number of hydrogen-bond acceptors (Lipinski definition) is 3. The molecule has 0 aliphatic carbocycles. The Kier molecular flexibility index (Phi) is 5.60. The third kappa shape index (κ3) is 3.88. The van der Waals surface area contributed by atoms with E-state index < -0.39 is 0 Å². The molecule has 1 aliphatic rings. The van der Waals surface area contributed by atoms with Crippen LogP contribution < -0.4 is 5.56 Å². The predicted molar refractivity (Wildman–Crippen MR) is 116 cm³/mol. The van der Waals surface area contributed by atoms with Crippen molar-refractivity contribution in [1.82, 2.24) is 9.47 Å². The first-order valence-electron chi connectivity index (χ1n) is 9.93. The number of nitrogens with zero attached hydrogens (tertiary/aromatic N) is 2. The van der Waals surface area contributed by atoms with Crippen LogP contribution in [0.5, 0.6) is 0 Å². The smallest absolute Gasteiger partial charge is 0.259 e. The van der Waals surface area contributed by atoms with Gasteiger partial charge in [-0.15, -0.1) is 0 Å². The number of ether oxygens (including phenoxy) is 1. The Morgan fingerprint density at radius 3 is 2.52 bits per heavy atom. The van der Waals surface area contributed by atoms with Gasteiger partial charge in [-0.3, -0.25) is 9.69 Å². The van der Waals surface area contributed by atoms with Crippen molar-refractivity contribution >= 4 is 16.5 Å². The summed E-state index contributed by atoms with van der Waals surface area (Å²) in [5.74, 6) is -0.319. The SMILES string of the molecule is C=C(C)c1c(-c2ccccc2)c2cc(F)ccc2n(CCN2CCOCC2)c1=O. The lowest BCUT2D eigenvalue weighted by atomic mass is 9.93. The van der Waals surface area contributed by atoms with E-state index in [2.05, 4.69) is 11.5 Å². The molecule has 1 saturated heterocycles. The summed E-state index contributed by atoms with van der Waals surface area (Å²) in [6.45, 7) is 10.3. The maximum Gasteiger partial charge on any atom is 0.259 e. The van der Waals surface area contributed by atoms with Crippen molar-refractivity contribution in [1.29, 1.82) is 0 Å². The maximum atomic E-state index is 14.2. The van der Waals surface area contributed by atoms with Crippen LogP contribution in [0.15, 0.2) is 59.9 Å². The van der Waals surface area contributed by atoms with Crippen molar-refractivity contribution in [3.05, 3.63) is 76.8 Å². The van der Waals surface area contributed by atoms with Crippen LogP contribution in [0.25, 0.3) is 27.6 Å². The van der Waals surface area contributed by atoms with Crippen molar-refractivity contribution in [2.45, 2.75) is 13.5 Å². The topological polar surface area (TPSA) is 34.5 Å². The van der Waals surface area contributed by atoms with E-state index in [1.54, 1.807) is 10.6 Å². The summed E-state index contributed by atoms with van der Waals surface area (Å²) < 4.78 is 21.4. The molecule has 1 fully saturated rings. The minimum Gasteiger partial charge on any atom is -0.379 e. The van der Waals surface area contributed by atoms with Gasteiger partial charge in [-0.25, -0.2) is 4.39 Å². The molecule has 1 aromatic heterocycles. The van der Waals surface area contributed by atoms with Crippen LogP contribution in [-0.2, 0) is 11.3 Å². The van der Waals surface area contributed by atoms with Crippen molar-refractivity contribution in [2.75, 3.05) is 32.8 Å². The first-order valence-corrected chi connectivity index (χ1v) is 9.93. The van der Waals surface area contributed by atoms with Gasteiger partial charge in [0.1, 0.15) is 5.82 Å². The van der Waals surface area contributed by atoms with Crippen molar-refractivity contribution in [3.8, 4) is 11.1 Å². The van der Waals surface area contributed by atoms with Gasteiger partial charge < -0.3 is 9.30 Å². The van der Waals surface area contributed by atoms with Crippen molar-refractivity contribution in [2.24, 2.45) is 0 Å². The van der Waals surface area contributed by atoms with Gasteiger partial charge in [0.25, 0.3) is 5.56 Å². The summed E-state index contributed by atoms with van der Waals surface area (Å²) in [5.41, 5.74) is 3.53. The summed E-state index contributed by atoms with van der Waals surface area (Å²) in [6, 6.07) is 14.3. The minimum atomic E-state index is -0.319. The second-order valence-corrected chi connectivity index (χ2v) is 7.47. The van der Waals surface area contributed by atoms with E-state index in [-0.39, 0.29) is 11.4 Å². The number of pyridine rings is 1. The van der Waals surface area contributed by atoms with Crippen LogP contribution in [0.1, 0.15) is 12.5 Å². The van der Waals surface area contributed by atoms with E-state index in [0.29, 0.717) is 30.9 Å². The molecule has 2 heterocycles. The number of halogens is 1. The molecule has 0 saturated carbocycles. The molecule has 0 amide bonds. The third-order valence-electron chi connectivity index (χ3n) is 5.46. The molecule has 5 heteroatoms. The first-order chi connectivity index (χ1) is 14.1. The number of rotatable bonds is 5.